The topological polar surface area (TPSA) is 66.5 Å². The summed E-state index contributed by atoms with van der Waals surface area (Å²) in [4.78, 5) is 12.3. The summed E-state index contributed by atoms with van der Waals surface area (Å²) >= 11 is 0. The van der Waals surface area contributed by atoms with Crippen molar-refractivity contribution in [2.75, 3.05) is 22.9 Å². The van der Waals surface area contributed by atoms with Crippen LogP contribution in [0.15, 0.2) is 48.5 Å². The second-order valence-electron chi connectivity index (χ2n) is 4.68. The molecule has 0 unspecified atom stereocenters. The van der Waals surface area contributed by atoms with E-state index in [4.69, 9.17) is 0 Å². The molecule has 116 valence electrons. The van der Waals surface area contributed by atoms with Crippen LogP contribution < -0.4 is 9.62 Å². The highest BCUT2D eigenvalue weighted by atomic mass is 32.2. The Morgan fingerprint density at radius 1 is 1.09 bits per heavy atom. The highest BCUT2D eigenvalue weighted by Crippen LogP contribution is 2.23. The zero-order valence-corrected chi connectivity index (χ0v) is 12.9. The third kappa shape index (κ3) is 3.43. The molecule has 0 aliphatic carbocycles. The summed E-state index contributed by atoms with van der Waals surface area (Å²) in [5, 5.41) is 2.44. The van der Waals surface area contributed by atoms with Gasteiger partial charge in [-0.15, -0.1) is 0 Å². The van der Waals surface area contributed by atoms with Crippen molar-refractivity contribution in [2.24, 2.45) is 0 Å². The number of nitrogens with one attached hydrogen (secondary N) is 1. The molecule has 2 rings (SSSR count). The molecule has 0 aliphatic rings. The Bertz CT molecular complexity index is 806. The molecule has 0 heterocycles. The minimum absolute atomic E-state index is 0.0318. The SMILES string of the molecule is CN(c1ccccc1C(=O)Nc1ccccc1F)S(C)(=O)=O. The van der Waals surface area contributed by atoms with Gasteiger partial charge in [0.2, 0.25) is 10.0 Å². The van der Waals surface area contributed by atoms with Crippen LogP contribution in [-0.2, 0) is 10.0 Å². The van der Waals surface area contributed by atoms with Crippen LogP contribution in [0.3, 0.4) is 0 Å². The van der Waals surface area contributed by atoms with E-state index in [0.29, 0.717) is 0 Å². The van der Waals surface area contributed by atoms with Crippen molar-refractivity contribution >= 4 is 27.3 Å². The van der Waals surface area contributed by atoms with Crippen LogP contribution in [0.25, 0.3) is 0 Å². The lowest BCUT2D eigenvalue weighted by atomic mass is 10.1. The van der Waals surface area contributed by atoms with Crippen LogP contribution in [0.4, 0.5) is 15.8 Å². The Morgan fingerprint density at radius 3 is 2.32 bits per heavy atom. The lowest BCUT2D eigenvalue weighted by molar-refractivity contribution is 0.102. The molecule has 0 aliphatic heterocycles. The summed E-state index contributed by atoms with van der Waals surface area (Å²) < 4.78 is 37.9. The predicted molar refractivity (Wildman–Crippen MR) is 84.0 cm³/mol. The zero-order valence-electron chi connectivity index (χ0n) is 12.1. The summed E-state index contributed by atoms with van der Waals surface area (Å²) in [6.07, 6.45) is 1.04. The second kappa shape index (κ2) is 6.15. The van der Waals surface area contributed by atoms with E-state index < -0.39 is 21.7 Å². The van der Waals surface area contributed by atoms with Gasteiger partial charge in [0.1, 0.15) is 5.82 Å². The number of hydrogen-bond donors (Lipinski definition) is 1. The molecule has 7 heteroatoms. The first-order chi connectivity index (χ1) is 10.3. The van der Waals surface area contributed by atoms with Crippen LogP contribution >= 0.6 is 0 Å². The Hall–Kier alpha value is -2.41. The number of benzene rings is 2. The Morgan fingerprint density at radius 2 is 1.68 bits per heavy atom. The normalized spacial score (nSPS) is 11.0. The van der Waals surface area contributed by atoms with Gasteiger partial charge in [-0.25, -0.2) is 12.8 Å². The number of rotatable bonds is 4. The molecule has 2 aromatic rings. The number of amides is 1. The van der Waals surface area contributed by atoms with Crippen molar-refractivity contribution in [3.05, 3.63) is 59.9 Å². The van der Waals surface area contributed by atoms with Crippen molar-refractivity contribution in [1.82, 2.24) is 0 Å². The van der Waals surface area contributed by atoms with Gasteiger partial charge in [-0.3, -0.25) is 9.10 Å². The molecule has 0 radical (unpaired) electrons. The van der Waals surface area contributed by atoms with Gasteiger partial charge >= 0.3 is 0 Å². The van der Waals surface area contributed by atoms with Crippen molar-refractivity contribution in [1.29, 1.82) is 0 Å². The highest BCUT2D eigenvalue weighted by Gasteiger charge is 2.19. The molecule has 22 heavy (non-hydrogen) atoms. The molecule has 0 saturated heterocycles. The minimum atomic E-state index is -3.51. The number of para-hydroxylation sites is 2. The third-order valence-electron chi connectivity index (χ3n) is 3.11. The van der Waals surface area contributed by atoms with Crippen molar-refractivity contribution in [3.63, 3.8) is 0 Å². The fraction of sp³-hybridized carbons (Fsp3) is 0.133. The molecule has 0 fully saturated rings. The van der Waals surface area contributed by atoms with Gasteiger partial charge in [-0.05, 0) is 24.3 Å². The molecule has 0 atom stereocenters. The molecule has 5 nitrogen and oxygen atoms in total. The van der Waals surface area contributed by atoms with Gasteiger partial charge < -0.3 is 5.32 Å². The van der Waals surface area contributed by atoms with E-state index in [2.05, 4.69) is 5.32 Å². The fourth-order valence-electron chi connectivity index (χ4n) is 1.87. The molecule has 0 saturated carbocycles. The largest absolute Gasteiger partial charge is 0.319 e. The molecule has 0 spiro atoms. The molecule has 1 amide bonds. The summed E-state index contributed by atoms with van der Waals surface area (Å²) in [7, 11) is -2.16. The number of halogens is 1. The van der Waals surface area contributed by atoms with Gasteiger partial charge in [0.25, 0.3) is 5.91 Å². The number of nitrogens with zero attached hydrogens (tertiary/aromatic N) is 1. The maximum absolute atomic E-state index is 13.6. The van der Waals surface area contributed by atoms with Gasteiger partial charge in [0.05, 0.1) is 23.2 Å². The minimum Gasteiger partial charge on any atom is -0.319 e. The smallest absolute Gasteiger partial charge is 0.257 e. The average molecular weight is 322 g/mol. The molecule has 1 N–H and O–H groups in total. The second-order valence-corrected chi connectivity index (χ2v) is 6.70. The number of hydrogen-bond acceptors (Lipinski definition) is 3. The number of anilines is 2. The number of carbonyl (C=O) groups excluding carboxylic acids is 1. The van der Waals surface area contributed by atoms with E-state index in [1.54, 1.807) is 18.2 Å². The fourth-order valence-corrected chi connectivity index (χ4v) is 2.39. The highest BCUT2D eigenvalue weighted by molar-refractivity contribution is 7.92. The maximum atomic E-state index is 13.6. The van der Waals surface area contributed by atoms with Gasteiger partial charge in [0, 0.05) is 7.05 Å². The van der Waals surface area contributed by atoms with Gasteiger partial charge in [-0.1, -0.05) is 24.3 Å². The van der Waals surface area contributed by atoms with E-state index in [9.17, 15) is 17.6 Å². The Labute approximate surface area is 128 Å². The lowest BCUT2D eigenvalue weighted by Gasteiger charge is -2.19. The third-order valence-corrected chi connectivity index (χ3v) is 4.30. The lowest BCUT2D eigenvalue weighted by Crippen LogP contribution is -2.27. The quantitative estimate of drug-likeness (QED) is 0.940. The summed E-state index contributed by atoms with van der Waals surface area (Å²) in [6.45, 7) is 0. The van der Waals surface area contributed by atoms with E-state index in [1.165, 1.54) is 37.4 Å². The summed E-state index contributed by atoms with van der Waals surface area (Å²) in [5.74, 6) is -1.15. The molecule has 0 bridgehead atoms. The van der Waals surface area contributed by atoms with Crippen LogP contribution in [-0.4, -0.2) is 27.6 Å². The van der Waals surface area contributed by atoms with Gasteiger partial charge in [-0.2, -0.15) is 0 Å². The summed E-state index contributed by atoms with van der Waals surface area (Å²) in [5.41, 5.74) is 0.391. The first kappa shape index (κ1) is 16.0. The van der Waals surface area contributed by atoms with Crippen LogP contribution in [0.1, 0.15) is 10.4 Å². The van der Waals surface area contributed by atoms with E-state index in [-0.39, 0.29) is 16.9 Å². The van der Waals surface area contributed by atoms with Crippen molar-refractivity contribution < 1.29 is 17.6 Å². The molecular formula is C15H15FN2O3S. The zero-order chi connectivity index (χ0) is 16.3. The van der Waals surface area contributed by atoms with E-state index >= 15 is 0 Å². The van der Waals surface area contributed by atoms with Gasteiger partial charge in [0.15, 0.2) is 0 Å². The van der Waals surface area contributed by atoms with E-state index in [0.717, 1.165) is 10.6 Å². The monoisotopic (exact) mass is 322 g/mol. The van der Waals surface area contributed by atoms with Crippen molar-refractivity contribution in [2.45, 2.75) is 0 Å². The first-order valence-electron chi connectivity index (χ1n) is 6.39. The van der Waals surface area contributed by atoms with Crippen LogP contribution in [0, 0.1) is 5.82 Å². The molecular weight excluding hydrogens is 307 g/mol. The average Bonchev–Trinajstić information content (AvgIpc) is 2.48. The molecule has 2 aromatic carbocycles. The maximum Gasteiger partial charge on any atom is 0.257 e. The first-order valence-corrected chi connectivity index (χ1v) is 8.24. The Kier molecular flexibility index (Phi) is 4.46. The van der Waals surface area contributed by atoms with E-state index in [1.807, 2.05) is 0 Å². The van der Waals surface area contributed by atoms with Crippen LogP contribution in [0.2, 0.25) is 0 Å². The summed E-state index contributed by atoms with van der Waals surface area (Å²) in [6, 6.07) is 12.0. The van der Waals surface area contributed by atoms with Crippen LogP contribution in [0.5, 0.6) is 0 Å². The number of carbonyl (C=O) groups is 1. The Balaban J connectivity index is 2.37. The standard InChI is InChI=1S/C15H15FN2O3S/c1-18(22(2,20)21)14-10-6-3-7-11(14)15(19)17-13-9-5-4-8-12(13)16/h3-10H,1-2H3,(H,17,19). The van der Waals surface area contributed by atoms with Crippen molar-refractivity contribution in [3.8, 4) is 0 Å². The predicted octanol–water partition coefficient (Wildman–Crippen LogP) is 2.47. The molecule has 0 aromatic heterocycles. The number of sulfonamides is 1.